The molecule has 1 fully saturated rings. The molecule has 0 bridgehead atoms. The van der Waals surface area contributed by atoms with Crippen LogP contribution in [-0.4, -0.2) is 25.4 Å². The molecule has 104 valence electrons. The van der Waals surface area contributed by atoms with Crippen molar-refractivity contribution in [2.75, 3.05) is 13.7 Å². The molecule has 4 heteroatoms. The van der Waals surface area contributed by atoms with Gasteiger partial charge < -0.3 is 14.8 Å². The molecule has 0 amide bonds. The second-order valence-electron chi connectivity index (χ2n) is 5.55. The Labute approximate surface area is 122 Å². The summed E-state index contributed by atoms with van der Waals surface area (Å²) >= 11 is 3.55. The maximum Gasteiger partial charge on any atom is 0.125 e. The Hall–Kier alpha value is -0.580. The maximum absolute atomic E-state index is 6.28. The molecule has 1 heterocycles. The second kappa shape index (κ2) is 5.08. The third-order valence-electron chi connectivity index (χ3n) is 4.23. The fraction of sp³-hybridized carbons (Fsp3) is 0.600. The minimum atomic E-state index is -0.0195. The molecule has 1 spiro atoms. The van der Waals surface area contributed by atoms with Gasteiger partial charge in [0, 0.05) is 42.5 Å². The van der Waals surface area contributed by atoms with Gasteiger partial charge in [0.15, 0.2) is 0 Å². The predicted molar refractivity (Wildman–Crippen MR) is 78.6 cm³/mol. The van der Waals surface area contributed by atoms with Gasteiger partial charge in [0.05, 0.1) is 6.10 Å². The van der Waals surface area contributed by atoms with Gasteiger partial charge in [-0.1, -0.05) is 22.9 Å². The van der Waals surface area contributed by atoms with Crippen molar-refractivity contribution in [1.82, 2.24) is 5.32 Å². The van der Waals surface area contributed by atoms with Crippen LogP contribution in [0.5, 0.6) is 5.75 Å². The summed E-state index contributed by atoms with van der Waals surface area (Å²) in [5.74, 6) is 1.02. The number of fused-ring (bicyclic) bond motifs is 1. The van der Waals surface area contributed by atoms with Gasteiger partial charge in [0.2, 0.25) is 0 Å². The van der Waals surface area contributed by atoms with E-state index in [0.717, 1.165) is 36.0 Å². The highest BCUT2D eigenvalue weighted by Gasteiger charge is 2.50. The van der Waals surface area contributed by atoms with Gasteiger partial charge in [-0.15, -0.1) is 0 Å². The van der Waals surface area contributed by atoms with Crippen LogP contribution in [0.3, 0.4) is 0 Å². The van der Waals surface area contributed by atoms with Crippen molar-refractivity contribution in [2.45, 2.75) is 43.9 Å². The third-order valence-corrected chi connectivity index (χ3v) is 4.73. The average molecular weight is 326 g/mol. The molecule has 2 aliphatic rings. The Kier molecular flexibility index (Phi) is 3.58. The van der Waals surface area contributed by atoms with Crippen molar-refractivity contribution >= 4 is 15.9 Å². The molecule has 0 aromatic heterocycles. The molecule has 3 nitrogen and oxygen atoms in total. The first-order valence-electron chi connectivity index (χ1n) is 6.90. The lowest BCUT2D eigenvalue weighted by molar-refractivity contribution is -0.126. The third kappa shape index (κ3) is 2.41. The lowest BCUT2D eigenvalue weighted by atomic mass is 9.71. The number of ether oxygens (including phenoxy) is 2. The molecule has 0 radical (unpaired) electrons. The average Bonchev–Trinajstić information content (AvgIpc) is 2.36. The second-order valence-corrected chi connectivity index (χ2v) is 6.46. The van der Waals surface area contributed by atoms with Crippen molar-refractivity contribution in [3.05, 3.63) is 28.2 Å². The maximum atomic E-state index is 6.28. The van der Waals surface area contributed by atoms with Crippen LogP contribution in [0.4, 0.5) is 0 Å². The Morgan fingerprint density at radius 1 is 1.42 bits per heavy atom. The van der Waals surface area contributed by atoms with Gasteiger partial charge in [0.25, 0.3) is 0 Å². The van der Waals surface area contributed by atoms with E-state index in [4.69, 9.17) is 9.47 Å². The normalized spacial score (nSPS) is 32.6. The molecule has 1 unspecified atom stereocenters. The van der Waals surface area contributed by atoms with Crippen molar-refractivity contribution < 1.29 is 9.47 Å². The first-order valence-corrected chi connectivity index (χ1v) is 7.70. The van der Waals surface area contributed by atoms with Crippen molar-refractivity contribution in [2.24, 2.45) is 0 Å². The Morgan fingerprint density at radius 2 is 2.21 bits per heavy atom. The summed E-state index contributed by atoms with van der Waals surface area (Å²) in [6.45, 7) is 3.12. The van der Waals surface area contributed by atoms with Crippen LogP contribution in [0.15, 0.2) is 22.7 Å². The highest BCUT2D eigenvalue weighted by Crippen LogP contribution is 2.50. The molecular weight excluding hydrogens is 306 g/mol. The standard InChI is InChI=1S/C15H20BrNO2/c1-3-17-13-9-15(7-11(8-15)18-2)19-14-5-4-10(16)6-12(13)14/h4-6,11,13,17H,3,7-9H2,1-2H3. The minimum Gasteiger partial charge on any atom is -0.487 e. The smallest absolute Gasteiger partial charge is 0.125 e. The zero-order valence-electron chi connectivity index (χ0n) is 11.4. The van der Waals surface area contributed by atoms with Crippen LogP contribution in [0.2, 0.25) is 0 Å². The minimum absolute atomic E-state index is 0.0195. The molecule has 0 saturated heterocycles. The Balaban J connectivity index is 1.87. The van der Waals surface area contributed by atoms with Gasteiger partial charge in [-0.05, 0) is 24.7 Å². The number of benzene rings is 1. The summed E-state index contributed by atoms with van der Waals surface area (Å²) in [7, 11) is 1.78. The first kappa shape index (κ1) is 13.4. The number of hydrogen-bond acceptors (Lipinski definition) is 3. The van der Waals surface area contributed by atoms with Crippen LogP contribution in [-0.2, 0) is 4.74 Å². The molecule has 1 N–H and O–H groups in total. The van der Waals surface area contributed by atoms with Crippen molar-refractivity contribution in [1.29, 1.82) is 0 Å². The summed E-state index contributed by atoms with van der Waals surface area (Å²) in [6, 6.07) is 6.67. The number of hydrogen-bond donors (Lipinski definition) is 1. The first-order chi connectivity index (χ1) is 9.15. The van der Waals surface area contributed by atoms with Crippen LogP contribution in [0.1, 0.15) is 37.8 Å². The number of nitrogens with one attached hydrogen (secondary N) is 1. The monoisotopic (exact) mass is 325 g/mol. The molecule has 1 aromatic rings. The quantitative estimate of drug-likeness (QED) is 0.923. The van der Waals surface area contributed by atoms with Gasteiger partial charge in [-0.25, -0.2) is 0 Å². The van der Waals surface area contributed by atoms with Crippen LogP contribution >= 0.6 is 15.9 Å². The molecule has 1 aromatic carbocycles. The predicted octanol–water partition coefficient (Wildman–Crippen LogP) is 3.43. The lowest BCUT2D eigenvalue weighted by Crippen LogP contribution is -2.56. The van der Waals surface area contributed by atoms with E-state index in [1.165, 1.54) is 5.56 Å². The fourth-order valence-electron chi connectivity index (χ4n) is 3.26. The SMILES string of the molecule is CCNC1CC2(CC(OC)C2)Oc2ccc(Br)cc21. The summed E-state index contributed by atoms with van der Waals surface area (Å²) in [6.07, 6.45) is 3.39. The van der Waals surface area contributed by atoms with E-state index in [1.807, 2.05) is 6.07 Å². The van der Waals surface area contributed by atoms with E-state index in [1.54, 1.807) is 7.11 Å². The van der Waals surface area contributed by atoms with E-state index in [-0.39, 0.29) is 5.60 Å². The number of rotatable bonds is 3. The molecule has 1 atom stereocenters. The molecule has 1 saturated carbocycles. The summed E-state index contributed by atoms with van der Waals surface area (Å²) in [5, 5.41) is 3.58. The molecule has 19 heavy (non-hydrogen) atoms. The Bertz CT molecular complexity index is 471. The molecule has 1 aliphatic heterocycles. The highest BCUT2D eigenvalue weighted by atomic mass is 79.9. The van der Waals surface area contributed by atoms with Gasteiger partial charge in [-0.2, -0.15) is 0 Å². The van der Waals surface area contributed by atoms with Crippen LogP contribution in [0, 0.1) is 0 Å². The highest BCUT2D eigenvalue weighted by molar-refractivity contribution is 9.10. The largest absolute Gasteiger partial charge is 0.487 e. The lowest BCUT2D eigenvalue weighted by Gasteiger charge is -2.51. The molecule has 1 aliphatic carbocycles. The number of methoxy groups -OCH3 is 1. The van der Waals surface area contributed by atoms with Crippen molar-refractivity contribution in [3.63, 3.8) is 0 Å². The van der Waals surface area contributed by atoms with Gasteiger partial charge >= 0.3 is 0 Å². The Morgan fingerprint density at radius 3 is 2.89 bits per heavy atom. The molecular formula is C15H20BrNO2. The topological polar surface area (TPSA) is 30.5 Å². The van der Waals surface area contributed by atoms with Crippen LogP contribution < -0.4 is 10.1 Å². The summed E-state index contributed by atoms with van der Waals surface area (Å²) in [5.41, 5.74) is 1.25. The summed E-state index contributed by atoms with van der Waals surface area (Å²) in [4.78, 5) is 0. The van der Waals surface area contributed by atoms with Crippen LogP contribution in [0.25, 0.3) is 0 Å². The summed E-state index contributed by atoms with van der Waals surface area (Å²) < 4.78 is 12.8. The van der Waals surface area contributed by atoms with E-state index < -0.39 is 0 Å². The van der Waals surface area contributed by atoms with Crippen molar-refractivity contribution in [3.8, 4) is 5.75 Å². The zero-order chi connectivity index (χ0) is 13.5. The van der Waals surface area contributed by atoms with E-state index >= 15 is 0 Å². The van der Waals surface area contributed by atoms with Gasteiger partial charge in [0.1, 0.15) is 11.4 Å². The fourth-order valence-corrected chi connectivity index (χ4v) is 3.64. The van der Waals surface area contributed by atoms with Gasteiger partial charge in [-0.3, -0.25) is 0 Å². The number of halogens is 1. The van der Waals surface area contributed by atoms with E-state index in [2.05, 4.69) is 40.3 Å². The van der Waals surface area contributed by atoms with E-state index in [0.29, 0.717) is 12.1 Å². The van der Waals surface area contributed by atoms with E-state index in [9.17, 15) is 0 Å². The zero-order valence-corrected chi connectivity index (χ0v) is 13.0. The molecule has 3 rings (SSSR count).